The Labute approximate surface area is 73.9 Å². The first kappa shape index (κ1) is 8.98. The van der Waals surface area contributed by atoms with Crippen molar-refractivity contribution in [1.82, 2.24) is 0 Å². The molecule has 0 saturated heterocycles. The van der Waals surface area contributed by atoms with E-state index in [1.165, 1.54) is 16.7 Å². The minimum absolute atomic E-state index is 0.726. The Morgan fingerprint density at radius 1 is 1.33 bits per heavy atom. The summed E-state index contributed by atoms with van der Waals surface area (Å²) in [5.74, 6) is 0. The van der Waals surface area contributed by atoms with Gasteiger partial charge in [-0.05, 0) is 31.9 Å². The van der Waals surface area contributed by atoms with Gasteiger partial charge >= 0.3 is 0 Å². The first-order valence-electron chi connectivity index (χ1n) is 4.20. The highest BCUT2D eigenvalue weighted by Crippen LogP contribution is 2.11. The van der Waals surface area contributed by atoms with Crippen molar-refractivity contribution in [3.05, 3.63) is 34.9 Å². The molecule has 0 aliphatic rings. The first-order valence-corrected chi connectivity index (χ1v) is 4.20. The van der Waals surface area contributed by atoms with Crippen molar-refractivity contribution in [2.45, 2.75) is 27.2 Å². The maximum absolute atomic E-state index is 7.40. The second-order valence-corrected chi connectivity index (χ2v) is 3.39. The van der Waals surface area contributed by atoms with Gasteiger partial charge in [-0.2, -0.15) is 0 Å². The summed E-state index contributed by atoms with van der Waals surface area (Å²) < 4.78 is 0. The molecule has 0 saturated carbocycles. The van der Waals surface area contributed by atoms with Crippen LogP contribution in [0.15, 0.2) is 18.2 Å². The summed E-state index contributed by atoms with van der Waals surface area (Å²) in [4.78, 5) is 0. The van der Waals surface area contributed by atoms with E-state index in [1.54, 1.807) is 0 Å². The zero-order valence-corrected chi connectivity index (χ0v) is 7.94. The number of aryl methyl sites for hydroxylation is 2. The van der Waals surface area contributed by atoms with E-state index in [0.717, 1.165) is 12.1 Å². The predicted molar refractivity (Wildman–Crippen MR) is 53.0 cm³/mol. The van der Waals surface area contributed by atoms with Gasteiger partial charge in [-0.1, -0.05) is 23.8 Å². The van der Waals surface area contributed by atoms with Gasteiger partial charge in [-0.3, -0.25) is 0 Å². The van der Waals surface area contributed by atoms with Crippen LogP contribution in [0.1, 0.15) is 23.6 Å². The van der Waals surface area contributed by atoms with Crippen LogP contribution in [0.4, 0.5) is 0 Å². The van der Waals surface area contributed by atoms with Gasteiger partial charge in [-0.15, -0.1) is 0 Å². The van der Waals surface area contributed by atoms with Crippen LogP contribution in [-0.4, -0.2) is 5.71 Å². The first-order chi connectivity index (χ1) is 5.59. The van der Waals surface area contributed by atoms with Gasteiger partial charge in [0.2, 0.25) is 0 Å². The molecule has 0 atom stereocenters. The molecule has 1 aromatic rings. The Morgan fingerprint density at radius 2 is 2.00 bits per heavy atom. The quantitative estimate of drug-likeness (QED) is 0.645. The minimum Gasteiger partial charge on any atom is -0.310 e. The molecular formula is C11H15N. The molecule has 0 unspecified atom stereocenters. The Morgan fingerprint density at radius 3 is 2.58 bits per heavy atom. The monoisotopic (exact) mass is 161 g/mol. The summed E-state index contributed by atoms with van der Waals surface area (Å²) in [6.45, 7) is 6.03. The van der Waals surface area contributed by atoms with Crippen molar-refractivity contribution in [2.24, 2.45) is 0 Å². The summed E-state index contributed by atoms with van der Waals surface area (Å²) in [6, 6.07) is 6.39. The fourth-order valence-corrected chi connectivity index (χ4v) is 1.28. The summed E-state index contributed by atoms with van der Waals surface area (Å²) in [5, 5.41) is 7.40. The molecule has 0 spiro atoms. The number of hydrogen-bond acceptors (Lipinski definition) is 1. The highest BCUT2D eigenvalue weighted by molar-refractivity contribution is 5.81. The highest BCUT2D eigenvalue weighted by Gasteiger charge is 1.98. The fourth-order valence-electron chi connectivity index (χ4n) is 1.28. The van der Waals surface area contributed by atoms with E-state index >= 15 is 0 Å². The molecule has 0 amide bonds. The van der Waals surface area contributed by atoms with Crippen LogP contribution in [0.2, 0.25) is 0 Å². The number of nitrogens with one attached hydrogen (secondary N) is 1. The maximum atomic E-state index is 7.40. The van der Waals surface area contributed by atoms with Crippen LogP contribution >= 0.6 is 0 Å². The van der Waals surface area contributed by atoms with Crippen molar-refractivity contribution in [3.63, 3.8) is 0 Å². The van der Waals surface area contributed by atoms with Gasteiger partial charge in [-0.25, -0.2) is 0 Å². The van der Waals surface area contributed by atoms with E-state index in [9.17, 15) is 0 Å². The van der Waals surface area contributed by atoms with Gasteiger partial charge in [0.1, 0.15) is 0 Å². The molecule has 1 rings (SSSR count). The zero-order valence-electron chi connectivity index (χ0n) is 7.94. The number of hydrogen-bond donors (Lipinski definition) is 1. The molecule has 12 heavy (non-hydrogen) atoms. The third-order valence-electron chi connectivity index (χ3n) is 1.96. The van der Waals surface area contributed by atoms with Crippen molar-refractivity contribution < 1.29 is 0 Å². The molecular weight excluding hydrogens is 146 g/mol. The molecule has 0 aliphatic heterocycles. The van der Waals surface area contributed by atoms with Crippen LogP contribution in [0.5, 0.6) is 0 Å². The SMILES string of the molecule is CC(=N)Cc1cc(C)ccc1C. The van der Waals surface area contributed by atoms with Crippen molar-refractivity contribution in [3.8, 4) is 0 Å². The Balaban J connectivity index is 2.97. The fraction of sp³-hybridized carbons (Fsp3) is 0.364. The van der Waals surface area contributed by atoms with Crippen LogP contribution in [0, 0.1) is 19.3 Å². The topological polar surface area (TPSA) is 23.9 Å². The van der Waals surface area contributed by atoms with E-state index in [-0.39, 0.29) is 0 Å². The molecule has 0 radical (unpaired) electrons. The van der Waals surface area contributed by atoms with E-state index in [1.807, 2.05) is 6.92 Å². The average Bonchev–Trinajstić information content (AvgIpc) is 1.96. The maximum Gasteiger partial charge on any atom is 0.0102 e. The number of rotatable bonds is 2. The summed E-state index contributed by atoms with van der Waals surface area (Å²) in [7, 11) is 0. The van der Waals surface area contributed by atoms with Crippen LogP contribution in [-0.2, 0) is 6.42 Å². The van der Waals surface area contributed by atoms with Crippen molar-refractivity contribution in [2.75, 3.05) is 0 Å². The summed E-state index contributed by atoms with van der Waals surface area (Å²) >= 11 is 0. The van der Waals surface area contributed by atoms with Gasteiger partial charge in [0.05, 0.1) is 0 Å². The van der Waals surface area contributed by atoms with Gasteiger partial charge in [0, 0.05) is 12.1 Å². The van der Waals surface area contributed by atoms with E-state index < -0.39 is 0 Å². The second-order valence-electron chi connectivity index (χ2n) is 3.39. The summed E-state index contributed by atoms with van der Waals surface area (Å²) in [6.07, 6.45) is 0.785. The molecule has 1 N–H and O–H groups in total. The van der Waals surface area contributed by atoms with Gasteiger partial charge in [0.25, 0.3) is 0 Å². The lowest BCUT2D eigenvalue weighted by Gasteiger charge is -2.05. The Hall–Kier alpha value is -1.11. The van der Waals surface area contributed by atoms with Gasteiger partial charge in [0.15, 0.2) is 0 Å². The number of benzene rings is 1. The normalized spacial score (nSPS) is 9.92. The molecule has 0 bridgehead atoms. The third-order valence-corrected chi connectivity index (χ3v) is 1.96. The lowest BCUT2D eigenvalue weighted by atomic mass is 10.0. The molecule has 0 aromatic heterocycles. The second kappa shape index (κ2) is 3.53. The van der Waals surface area contributed by atoms with E-state index in [0.29, 0.717) is 0 Å². The minimum atomic E-state index is 0.726. The molecule has 64 valence electrons. The third kappa shape index (κ3) is 2.19. The zero-order chi connectivity index (χ0) is 9.14. The van der Waals surface area contributed by atoms with E-state index in [2.05, 4.69) is 32.0 Å². The van der Waals surface area contributed by atoms with Crippen LogP contribution in [0.3, 0.4) is 0 Å². The molecule has 1 aromatic carbocycles. The largest absolute Gasteiger partial charge is 0.310 e. The summed E-state index contributed by atoms with van der Waals surface area (Å²) in [5.41, 5.74) is 4.57. The van der Waals surface area contributed by atoms with Crippen molar-refractivity contribution >= 4 is 5.71 Å². The van der Waals surface area contributed by atoms with E-state index in [4.69, 9.17) is 5.41 Å². The lowest BCUT2D eigenvalue weighted by molar-refractivity contribution is 1.20. The molecule has 1 heteroatoms. The Bertz CT molecular complexity index is 300. The van der Waals surface area contributed by atoms with Crippen molar-refractivity contribution in [1.29, 1.82) is 5.41 Å². The van der Waals surface area contributed by atoms with Crippen LogP contribution < -0.4 is 0 Å². The smallest absolute Gasteiger partial charge is 0.0102 e. The molecule has 0 fully saturated rings. The Kier molecular flexibility index (Phi) is 2.64. The molecule has 0 heterocycles. The average molecular weight is 161 g/mol. The highest BCUT2D eigenvalue weighted by atomic mass is 14.4. The lowest BCUT2D eigenvalue weighted by Crippen LogP contribution is -1.98. The van der Waals surface area contributed by atoms with Gasteiger partial charge < -0.3 is 5.41 Å². The molecule has 1 nitrogen and oxygen atoms in total. The van der Waals surface area contributed by atoms with Crippen LogP contribution in [0.25, 0.3) is 0 Å². The molecule has 0 aliphatic carbocycles. The predicted octanol–water partition coefficient (Wildman–Crippen LogP) is 2.89. The standard InChI is InChI=1S/C11H15N/c1-8-4-5-9(2)11(6-8)7-10(3)12/h4-6,12H,7H2,1-3H3.